The fraction of sp³-hybridized carbons (Fsp3) is 0.111. The number of aromatic nitrogens is 2. The molecule has 0 radical (unpaired) electrons. The Balaban J connectivity index is 1.70. The number of carbonyl (C=O) groups is 2. The highest BCUT2D eigenvalue weighted by molar-refractivity contribution is 5.99. The van der Waals surface area contributed by atoms with Gasteiger partial charge in [-0.1, -0.05) is 12.1 Å². The van der Waals surface area contributed by atoms with Crippen molar-refractivity contribution in [1.82, 2.24) is 9.97 Å². The number of primary amides is 1. The summed E-state index contributed by atoms with van der Waals surface area (Å²) in [5.41, 5.74) is 13.3. The molecule has 1 atom stereocenters. The second-order valence-electron chi connectivity index (χ2n) is 5.83. The zero-order valence-corrected chi connectivity index (χ0v) is 13.5. The lowest BCUT2D eigenvalue weighted by atomic mass is 10.0. The highest BCUT2D eigenvalue weighted by Gasteiger charge is 2.37. The molecule has 1 aromatic carbocycles. The maximum Gasteiger partial charge on any atom is 0.343 e. The van der Waals surface area contributed by atoms with Crippen LogP contribution in [-0.2, 0) is 11.2 Å². The number of nitrogens with two attached hydrogens (primary N) is 2. The van der Waals surface area contributed by atoms with Crippen LogP contribution in [0.1, 0.15) is 38.1 Å². The van der Waals surface area contributed by atoms with Crippen molar-refractivity contribution in [3.63, 3.8) is 0 Å². The van der Waals surface area contributed by atoms with Crippen molar-refractivity contribution in [3.05, 3.63) is 65.0 Å². The van der Waals surface area contributed by atoms with Gasteiger partial charge in [-0.25, -0.2) is 14.8 Å². The summed E-state index contributed by atoms with van der Waals surface area (Å²) < 4.78 is 10.8. The maximum atomic E-state index is 12.4. The lowest BCUT2D eigenvalue weighted by molar-refractivity contribution is 0.0382. The lowest BCUT2D eigenvalue weighted by Crippen LogP contribution is -2.11. The predicted molar refractivity (Wildman–Crippen MR) is 91.0 cm³/mol. The normalized spacial score (nSPS) is 15.5. The number of esters is 1. The number of hydrogen-bond acceptors (Lipinski definition) is 7. The van der Waals surface area contributed by atoms with Crippen molar-refractivity contribution in [2.45, 2.75) is 12.5 Å². The van der Waals surface area contributed by atoms with Crippen molar-refractivity contribution in [2.24, 2.45) is 5.73 Å². The molecule has 2 aromatic heterocycles. The number of benzene rings is 1. The molecule has 1 amide bonds. The highest BCUT2D eigenvalue weighted by Crippen LogP contribution is 2.37. The molecule has 4 rings (SSSR count). The molecule has 0 bridgehead atoms. The number of anilines is 1. The number of rotatable bonds is 4. The summed E-state index contributed by atoms with van der Waals surface area (Å²) in [6, 6.07) is 10.1. The number of hydrogen-bond donors (Lipinski definition) is 2. The van der Waals surface area contributed by atoms with Gasteiger partial charge in [0.15, 0.2) is 5.76 Å². The van der Waals surface area contributed by atoms with E-state index in [9.17, 15) is 9.59 Å². The number of nitrogen functional groups attached to an aromatic ring is 1. The molecule has 0 aliphatic carbocycles. The molecule has 8 nitrogen and oxygen atoms in total. The van der Waals surface area contributed by atoms with Crippen molar-refractivity contribution in [2.75, 3.05) is 5.73 Å². The average Bonchev–Trinajstić information content (AvgIpc) is 3.24. The third-order valence-electron chi connectivity index (χ3n) is 4.13. The summed E-state index contributed by atoms with van der Waals surface area (Å²) in [6.45, 7) is 0. The molecule has 130 valence electrons. The number of furan rings is 1. The number of fused-ring (bicyclic) bond motifs is 1. The molecule has 0 saturated carbocycles. The standard InChI is InChI=1S/C18H14N4O4/c19-16(23)10-5-3-9(4-6-10)8-12-15-13(17(24)26-12)14(21-18(20)22-15)11-2-1-7-25-11/h1-7,12H,8H2,(H2,19,23)(H2,20,21,22). The molecule has 26 heavy (non-hydrogen) atoms. The maximum absolute atomic E-state index is 12.4. The molecule has 4 N–H and O–H groups in total. The molecule has 0 saturated heterocycles. The lowest BCUT2D eigenvalue weighted by Gasteiger charge is -2.10. The van der Waals surface area contributed by atoms with Crippen molar-refractivity contribution < 1.29 is 18.7 Å². The predicted octanol–water partition coefficient (Wildman–Crippen LogP) is 1.87. The third-order valence-corrected chi connectivity index (χ3v) is 4.13. The van der Waals surface area contributed by atoms with E-state index in [1.807, 2.05) is 0 Å². The number of amides is 1. The second-order valence-corrected chi connectivity index (χ2v) is 5.83. The van der Waals surface area contributed by atoms with E-state index in [2.05, 4.69) is 9.97 Å². The van der Waals surface area contributed by atoms with Crippen molar-refractivity contribution >= 4 is 17.8 Å². The van der Waals surface area contributed by atoms with Crippen LogP contribution in [0.15, 0.2) is 47.1 Å². The number of cyclic esters (lactones) is 1. The zero-order valence-electron chi connectivity index (χ0n) is 13.5. The fourth-order valence-electron chi connectivity index (χ4n) is 2.92. The molecule has 1 unspecified atom stereocenters. The number of carbonyl (C=O) groups excluding carboxylic acids is 2. The minimum atomic E-state index is -0.601. The smallest absolute Gasteiger partial charge is 0.343 e. The summed E-state index contributed by atoms with van der Waals surface area (Å²) >= 11 is 0. The first-order valence-electron chi connectivity index (χ1n) is 7.84. The first kappa shape index (κ1) is 15.8. The Bertz CT molecular complexity index is 997. The van der Waals surface area contributed by atoms with Gasteiger partial charge in [-0.3, -0.25) is 4.79 Å². The zero-order chi connectivity index (χ0) is 18.3. The van der Waals surface area contributed by atoms with E-state index in [-0.39, 0.29) is 11.5 Å². The largest absolute Gasteiger partial charge is 0.463 e. The Morgan fingerprint density at radius 1 is 1.15 bits per heavy atom. The number of nitrogens with zero attached hydrogens (tertiary/aromatic N) is 2. The Kier molecular flexibility index (Phi) is 3.65. The van der Waals surface area contributed by atoms with Crippen LogP contribution in [0, 0.1) is 0 Å². The van der Waals surface area contributed by atoms with Crippen LogP contribution in [0.2, 0.25) is 0 Å². The van der Waals surface area contributed by atoms with Crippen molar-refractivity contribution in [1.29, 1.82) is 0 Å². The van der Waals surface area contributed by atoms with E-state index in [0.29, 0.717) is 29.1 Å². The van der Waals surface area contributed by atoms with Gasteiger partial charge in [-0.05, 0) is 29.8 Å². The van der Waals surface area contributed by atoms with Crippen LogP contribution in [-0.4, -0.2) is 21.8 Å². The van der Waals surface area contributed by atoms with E-state index in [0.717, 1.165) is 5.56 Å². The molecule has 0 fully saturated rings. The minimum absolute atomic E-state index is 0.0301. The van der Waals surface area contributed by atoms with Crippen molar-refractivity contribution in [3.8, 4) is 11.5 Å². The Hall–Kier alpha value is -3.68. The van der Waals surface area contributed by atoms with Crippen LogP contribution in [0.4, 0.5) is 5.95 Å². The third kappa shape index (κ3) is 2.67. The monoisotopic (exact) mass is 350 g/mol. The van der Waals surface area contributed by atoms with Gasteiger partial charge in [0.2, 0.25) is 11.9 Å². The summed E-state index contributed by atoms with van der Waals surface area (Å²) in [6.07, 6.45) is 1.26. The van der Waals surface area contributed by atoms with Crippen LogP contribution in [0.5, 0.6) is 0 Å². The first-order chi connectivity index (χ1) is 12.5. The van der Waals surface area contributed by atoms with Gasteiger partial charge >= 0.3 is 5.97 Å². The van der Waals surface area contributed by atoms with Gasteiger partial charge in [0.05, 0.1) is 6.26 Å². The summed E-state index contributed by atoms with van der Waals surface area (Å²) in [4.78, 5) is 31.9. The summed E-state index contributed by atoms with van der Waals surface area (Å²) in [7, 11) is 0. The van der Waals surface area contributed by atoms with Crippen LogP contribution in [0.25, 0.3) is 11.5 Å². The van der Waals surface area contributed by atoms with E-state index in [1.165, 1.54) is 6.26 Å². The first-order valence-corrected chi connectivity index (χ1v) is 7.84. The van der Waals surface area contributed by atoms with Crippen LogP contribution in [0.3, 0.4) is 0 Å². The van der Waals surface area contributed by atoms with E-state index in [4.69, 9.17) is 20.6 Å². The Morgan fingerprint density at radius 3 is 2.58 bits per heavy atom. The Morgan fingerprint density at radius 2 is 1.92 bits per heavy atom. The Labute approximate surface area is 147 Å². The van der Waals surface area contributed by atoms with Gasteiger partial charge < -0.3 is 20.6 Å². The van der Waals surface area contributed by atoms with Gasteiger partial charge in [0, 0.05) is 12.0 Å². The van der Waals surface area contributed by atoms with Crippen LogP contribution >= 0.6 is 0 Å². The molecule has 0 spiro atoms. The molecule has 1 aliphatic heterocycles. The topological polar surface area (TPSA) is 134 Å². The average molecular weight is 350 g/mol. The van der Waals surface area contributed by atoms with E-state index < -0.39 is 18.0 Å². The molecular formula is C18H14N4O4. The highest BCUT2D eigenvalue weighted by atomic mass is 16.5. The molecule has 3 heterocycles. The fourth-order valence-corrected chi connectivity index (χ4v) is 2.92. The molecule has 8 heteroatoms. The number of ether oxygens (including phenoxy) is 1. The molecule has 3 aromatic rings. The van der Waals surface area contributed by atoms with E-state index >= 15 is 0 Å². The van der Waals surface area contributed by atoms with Gasteiger partial charge in [0.1, 0.15) is 23.1 Å². The van der Waals surface area contributed by atoms with Gasteiger partial charge in [-0.15, -0.1) is 0 Å². The summed E-state index contributed by atoms with van der Waals surface area (Å²) in [5.74, 6) is -0.579. The van der Waals surface area contributed by atoms with Crippen LogP contribution < -0.4 is 11.5 Å². The molecule has 1 aliphatic rings. The SMILES string of the molecule is NC(=O)c1ccc(CC2OC(=O)c3c(-c4ccco4)nc(N)nc32)cc1. The quantitative estimate of drug-likeness (QED) is 0.686. The van der Waals surface area contributed by atoms with E-state index in [1.54, 1.807) is 36.4 Å². The summed E-state index contributed by atoms with van der Waals surface area (Å²) in [5, 5.41) is 0. The second kappa shape index (κ2) is 5.99. The van der Waals surface area contributed by atoms with Gasteiger partial charge in [-0.2, -0.15) is 0 Å². The van der Waals surface area contributed by atoms with Gasteiger partial charge in [0.25, 0.3) is 0 Å². The minimum Gasteiger partial charge on any atom is -0.463 e. The molecular weight excluding hydrogens is 336 g/mol.